The normalized spacial score (nSPS) is 19.7. The van der Waals surface area contributed by atoms with E-state index in [1.807, 2.05) is 18.7 Å². The summed E-state index contributed by atoms with van der Waals surface area (Å²) >= 11 is 0. The first-order valence-corrected chi connectivity index (χ1v) is 8.48. The van der Waals surface area contributed by atoms with Crippen molar-refractivity contribution in [2.45, 2.75) is 51.7 Å². The van der Waals surface area contributed by atoms with Gasteiger partial charge in [-0.15, -0.1) is 5.10 Å². The molecule has 0 aromatic carbocycles. The van der Waals surface area contributed by atoms with Crippen LogP contribution in [0.25, 0.3) is 0 Å². The summed E-state index contributed by atoms with van der Waals surface area (Å²) in [7, 11) is 0. The van der Waals surface area contributed by atoms with E-state index in [1.165, 1.54) is 0 Å². The van der Waals surface area contributed by atoms with Crippen LogP contribution < -0.4 is 10.2 Å². The molecule has 24 heavy (non-hydrogen) atoms. The van der Waals surface area contributed by atoms with Crippen molar-refractivity contribution in [1.82, 2.24) is 15.5 Å². The highest BCUT2D eigenvalue weighted by Crippen LogP contribution is 2.28. The van der Waals surface area contributed by atoms with Crippen LogP contribution in [0.1, 0.15) is 42.5 Å². The summed E-state index contributed by atoms with van der Waals surface area (Å²) in [5.74, 6) is 0.306. The van der Waals surface area contributed by atoms with E-state index in [9.17, 15) is 15.2 Å². The first kappa shape index (κ1) is 16.7. The molecule has 0 radical (unpaired) electrons. The third-order valence-corrected chi connectivity index (χ3v) is 5.03. The number of piperidine rings is 1. The van der Waals surface area contributed by atoms with E-state index >= 15 is 0 Å². The number of anilines is 1. The summed E-state index contributed by atoms with van der Waals surface area (Å²) in [4.78, 5) is 14.0. The van der Waals surface area contributed by atoms with Crippen LogP contribution in [-0.4, -0.2) is 46.4 Å². The summed E-state index contributed by atoms with van der Waals surface area (Å²) in [6.07, 6.45) is 2.46. The highest BCUT2D eigenvalue weighted by Gasteiger charge is 2.33. The van der Waals surface area contributed by atoms with Gasteiger partial charge in [0.15, 0.2) is 5.82 Å². The van der Waals surface area contributed by atoms with Crippen LogP contribution in [0.3, 0.4) is 0 Å². The molecule has 7 nitrogen and oxygen atoms in total. The smallest absolute Gasteiger partial charge is 0.249 e. The van der Waals surface area contributed by atoms with Crippen LogP contribution in [0.2, 0.25) is 0 Å². The van der Waals surface area contributed by atoms with Crippen molar-refractivity contribution in [3.8, 4) is 6.07 Å². The fourth-order valence-corrected chi connectivity index (χ4v) is 3.11. The van der Waals surface area contributed by atoms with Gasteiger partial charge >= 0.3 is 0 Å². The zero-order valence-corrected chi connectivity index (χ0v) is 14.1. The lowest BCUT2D eigenvalue weighted by Gasteiger charge is -2.34. The first-order valence-electron chi connectivity index (χ1n) is 8.48. The molecular formula is C17H23N5O2. The van der Waals surface area contributed by atoms with Gasteiger partial charge in [0.05, 0.1) is 5.69 Å². The molecule has 1 aromatic rings. The molecule has 1 aromatic heterocycles. The van der Waals surface area contributed by atoms with Crippen LogP contribution >= 0.6 is 0 Å². The van der Waals surface area contributed by atoms with Crippen LogP contribution in [-0.2, 0) is 4.79 Å². The average Bonchev–Trinajstić information content (AvgIpc) is 3.40. The van der Waals surface area contributed by atoms with Crippen LogP contribution in [0.15, 0.2) is 0 Å². The fourth-order valence-electron chi connectivity index (χ4n) is 3.11. The molecule has 1 amide bonds. The topological polar surface area (TPSA) is 102 Å². The minimum atomic E-state index is -0.950. The molecular weight excluding hydrogens is 306 g/mol. The molecule has 128 valence electrons. The van der Waals surface area contributed by atoms with Gasteiger partial charge in [-0.2, -0.15) is 10.4 Å². The lowest BCUT2D eigenvalue weighted by molar-refractivity contribution is -0.132. The van der Waals surface area contributed by atoms with E-state index < -0.39 is 6.10 Å². The number of amides is 1. The van der Waals surface area contributed by atoms with Crippen molar-refractivity contribution in [3.63, 3.8) is 0 Å². The fraction of sp³-hybridized carbons (Fsp3) is 0.647. The maximum Gasteiger partial charge on any atom is 0.249 e. The zero-order valence-electron chi connectivity index (χ0n) is 14.1. The Balaban J connectivity index is 1.64. The molecule has 2 aliphatic rings. The second-order valence-electron chi connectivity index (χ2n) is 6.77. The molecule has 0 unspecified atom stereocenters. The number of nitrogens with zero attached hydrogens (tertiary/aromatic N) is 4. The molecule has 1 saturated carbocycles. The van der Waals surface area contributed by atoms with Gasteiger partial charge in [0.25, 0.3) is 0 Å². The summed E-state index contributed by atoms with van der Waals surface area (Å²) in [5, 5.41) is 30.8. The number of hydrogen-bond donors (Lipinski definition) is 2. The van der Waals surface area contributed by atoms with Gasteiger partial charge < -0.3 is 15.3 Å². The summed E-state index contributed by atoms with van der Waals surface area (Å²) in [5.41, 5.74) is 2.18. The largest absolute Gasteiger partial charge is 0.383 e. The SMILES string of the molecule is Cc1nnc(N2CCC([C@@H](O)C(=O)NC3CC3)CC2)c(C#N)c1C. The quantitative estimate of drug-likeness (QED) is 0.848. The van der Waals surface area contributed by atoms with Crippen molar-refractivity contribution < 1.29 is 9.90 Å². The monoisotopic (exact) mass is 329 g/mol. The van der Waals surface area contributed by atoms with Crippen molar-refractivity contribution in [1.29, 1.82) is 5.26 Å². The van der Waals surface area contributed by atoms with Crippen molar-refractivity contribution in [3.05, 3.63) is 16.8 Å². The maximum atomic E-state index is 12.0. The van der Waals surface area contributed by atoms with Crippen molar-refractivity contribution >= 4 is 11.7 Å². The van der Waals surface area contributed by atoms with Gasteiger partial charge in [0, 0.05) is 19.1 Å². The average molecular weight is 329 g/mol. The Bertz CT molecular complexity index is 672. The highest BCUT2D eigenvalue weighted by molar-refractivity contribution is 5.81. The van der Waals surface area contributed by atoms with Gasteiger partial charge in [-0.25, -0.2) is 0 Å². The summed E-state index contributed by atoms with van der Waals surface area (Å²) in [6, 6.07) is 2.49. The van der Waals surface area contributed by atoms with E-state index in [1.54, 1.807) is 0 Å². The second-order valence-corrected chi connectivity index (χ2v) is 6.77. The highest BCUT2D eigenvalue weighted by atomic mass is 16.3. The zero-order chi connectivity index (χ0) is 17.3. The van der Waals surface area contributed by atoms with E-state index in [0.717, 1.165) is 24.1 Å². The van der Waals surface area contributed by atoms with Crippen LogP contribution in [0, 0.1) is 31.1 Å². The molecule has 3 rings (SSSR count). The van der Waals surface area contributed by atoms with Gasteiger partial charge in [0.1, 0.15) is 17.7 Å². The van der Waals surface area contributed by atoms with Gasteiger partial charge in [0.2, 0.25) is 5.91 Å². The number of carbonyl (C=O) groups excluding carboxylic acids is 1. The molecule has 1 aliphatic heterocycles. The van der Waals surface area contributed by atoms with Crippen molar-refractivity contribution in [2.75, 3.05) is 18.0 Å². The van der Waals surface area contributed by atoms with Gasteiger partial charge in [-0.05, 0) is 51.0 Å². The molecule has 1 aliphatic carbocycles. The van der Waals surface area contributed by atoms with Gasteiger partial charge in [-0.1, -0.05) is 0 Å². The molecule has 0 spiro atoms. The number of carbonyl (C=O) groups is 1. The number of aliphatic hydroxyl groups excluding tert-OH is 1. The maximum absolute atomic E-state index is 12.0. The van der Waals surface area contributed by atoms with Crippen LogP contribution in [0.4, 0.5) is 5.82 Å². The lowest BCUT2D eigenvalue weighted by Crippen LogP contribution is -2.45. The predicted molar refractivity (Wildman–Crippen MR) is 88.3 cm³/mol. The molecule has 2 heterocycles. The standard InChI is InChI=1S/C17H23N5O2/c1-10-11(2)20-21-16(14(10)9-18)22-7-5-12(6-8-22)15(23)17(24)19-13-3-4-13/h12-13,15,23H,3-8H2,1-2H3,(H,19,24)/t15-/m1/s1. The molecule has 2 N–H and O–H groups in total. The minimum absolute atomic E-state index is 0.0509. The number of aliphatic hydroxyl groups is 1. The Morgan fingerprint density at radius 3 is 2.54 bits per heavy atom. The van der Waals surface area contributed by atoms with E-state index in [-0.39, 0.29) is 17.9 Å². The molecule has 1 atom stereocenters. The minimum Gasteiger partial charge on any atom is -0.383 e. The second kappa shape index (κ2) is 6.73. The van der Waals surface area contributed by atoms with E-state index in [2.05, 4.69) is 21.6 Å². The number of aryl methyl sites for hydroxylation is 1. The Labute approximate surface area is 141 Å². The third-order valence-electron chi connectivity index (χ3n) is 5.03. The van der Waals surface area contributed by atoms with E-state index in [0.29, 0.717) is 37.3 Å². The summed E-state index contributed by atoms with van der Waals surface area (Å²) in [6.45, 7) is 5.04. The Kier molecular flexibility index (Phi) is 4.67. The molecule has 7 heteroatoms. The van der Waals surface area contributed by atoms with E-state index in [4.69, 9.17) is 0 Å². The third kappa shape index (κ3) is 3.34. The first-order chi connectivity index (χ1) is 11.5. The van der Waals surface area contributed by atoms with Crippen molar-refractivity contribution in [2.24, 2.45) is 5.92 Å². The number of hydrogen-bond acceptors (Lipinski definition) is 6. The lowest BCUT2D eigenvalue weighted by atomic mass is 9.90. The Hall–Kier alpha value is -2.20. The number of nitrogens with one attached hydrogen (secondary N) is 1. The predicted octanol–water partition coefficient (Wildman–Crippen LogP) is 0.821. The Morgan fingerprint density at radius 2 is 1.96 bits per heavy atom. The van der Waals surface area contributed by atoms with Gasteiger partial charge in [-0.3, -0.25) is 4.79 Å². The molecule has 2 fully saturated rings. The Morgan fingerprint density at radius 1 is 1.29 bits per heavy atom. The number of nitriles is 1. The molecule has 0 bridgehead atoms. The summed E-state index contributed by atoms with van der Waals surface area (Å²) < 4.78 is 0. The number of rotatable bonds is 4. The molecule has 1 saturated heterocycles. The number of aromatic nitrogens is 2. The van der Waals surface area contributed by atoms with Crippen LogP contribution in [0.5, 0.6) is 0 Å².